The maximum absolute atomic E-state index is 13.8. The predicted octanol–water partition coefficient (Wildman–Crippen LogP) is 4.34. The molecule has 1 amide bonds. The Bertz CT molecular complexity index is 1210. The SMILES string of the molecule is CC1(C)CC(=O)c2c(C(F)(F)F)nn(-c3ccc(C(N)=O)c(N[C@H]4CC[C@H](OCC=NO)CC4)c3)c2C1. The van der Waals surface area contributed by atoms with Crippen LogP contribution in [0, 0.1) is 5.41 Å². The third-order valence-electron chi connectivity index (χ3n) is 6.85. The summed E-state index contributed by atoms with van der Waals surface area (Å²) in [6.07, 6.45) is -0.350. The van der Waals surface area contributed by atoms with Crippen LogP contribution < -0.4 is 11.1 Å². The molecule has 0 atom stereocenters. The molecule has 0 unspecified atom stereocenters. The summed E-state index contributed by atoms with van der Waals surface area (Å²) in [5.41, 5.74) is 4.57. The highest BCUT2D eigenvalue weighted by atomic mass is 19.4. The minimum absolute atomic E-state index is 0.00137. The smallest absolute Gasteiger partial charge is 0.411 e. The number of carbonyl (C=O) groups excluding carboxylic acids is 2. The number of oxime groups is 1. The fourth-order valence-electron chi connectivity index (χ4n) is 5.16. The van der Waals surface area contributed by atoms with Gasteiger partial charge in [0.1, 0.15) is 0 Å². The maximum Gasteiger partial charge on any atom is 0.435 e. The number of nitrogens with two attached hydrogens (primary N) is 1. The molecule has 1 aromatic carbocycles. The van der Waals surface area contributed by atoms with Crippen molar-refractivity contribution in [1.29, 1.82) is 0 Å². The van der Waals surface area contributed by atoms with E-state index in [1.165, 1.54) is 23.0 Å². The highest BCUT2D eigenvalue weighted by molar-refractivity contribution is 6.00. The molecule has 9 nitrogen and oxygen atoms in total. The van der Waals surface area contributed by atoms with Crippen LogP contribution in [-0.2, 0) is 17.3 Å². The Morgan fingerprint density at radius 2 is 2.00 bits per heavy atom. The van der Waals surface area contributed by atoms with Crippen molar-refractivity contribution in [3.8, 4) is 5.69 Å². The molecule has 0 bridgehead atoms. The van der Waals surface area contributed by atoms with Gasteiger partial charge < -0.3 is 21.0 Å². The Balaban J connectivity index is 1.66. The summed E-state index contributed by atoms with van der Waals surface area (Å²) in [6.45, 7) is 3.87. The number of benzene rings is 1. The molecule has 1 fully saturated rings. The minimum Gasteiger partial charge on any atom is -0.411 e. The lowest BCUT2D eigenvalue weighted by Gasteiger charge is -2.30. The van der Waals surface area contributed by atoms with Crippen LogP contribution in [0.25, 0.3) is 5.69 Å². The first-order valence-electron chi connectivity index (χ1n) is 12.1. The average Bonchev–Trinajstić information content (AvgIpc) is 3.19. The van der Waals surface area contributed by atoms with Crippen molar-refractivity contribution in [2.75, 3.05) is 11.9 Å². The van der Waals surface area contributed by atoms with Gasteiger partial charge in [-0.25, -0.2) is 4.68 Å². The van der Waals surface area contributed by atoms with E-state index >= 15 is 0 Å². The number of amides is 1. The van der Waals surface area contributed by atoms with Crippen LogP contribution in [0.1, 0.15) is 78.1 Å². The Hall–Kier alpha value is -3.41. The number of aromatic nitrogens is 2. The van der Waals surface area contributed by atoms with Crippen LogP contribution in [0.3, 0.4) is 0 Å². The van der Waals surface area contributed by atoms with Gasteiger partial charge in [0, 0.05) is 18.2 Å². The van der Waals surface area contributed by atoms with Gasteiger partial charge in [-0.2, -0.15) is 18.3 Å². The van der Waals surface area contributed by atoms with Crippen molar-refractivity contribution in [2.24, 2.45) is 16.3 Å². The number of hydrogen-bond acceptors (Lipinski definition) is 7. The first-order chi connectivity index (χ1) is 17.4. The molecule has 1 saturated carbocycles. The largest absolute Gasteiger partial charge is 0.435 e. The molecule has 1 heterocycles. The average molecular weight is 522 g/mol. The molecule has 2 aliphatic rings. The first kappa shape index (κ1) is 26.6. The zero-order valence-corrected chi connectivity index (χ0v) is 20.6. The summed E-state index contributed by atoms with van der Waals surface area (Å²) in [5.74, 6) is -1.26. The summed E-state index contributed by atoms with van der Waals surface area (Å²) >= 11 is 0. The van der Waals surface area contributed by atoms with Gasteiger partial charge in [0.25, 0.3) is 5.91 Å². The van der Waals surface area contributed by atoms with Crippen molar-refractivity contribution >= 4 is 23.6 Å². The van der Waals surface area contributed by atoms with Gasteiger partial charge in [0.15, 0.2) is 11.5 Å². The molecule has 2 aliphatic carbocycles. The second-order valence-corrected chi connectivity index (χ2v) is 10.4. The summed E-state index contributed by atoms with van der Waals surface area (Å²) < 4.78 is 48.3. The molecule has 0 saturated heterocycles. The number of hydrogen-bond donors (Lipinski definition) is 3. The number of nitrogens with one attached hydrogen (secondary N) is 1. The number of ether oxygens (including phenoxy) is 1. The van der Waals surface area contributed by atoms with E-state index in [0.29, 0.717) is 11.4 Å². The molecule has 1 aromatic heterocycles. The van der Waals surface area contributed by atoms with Crippen molar-refractivity contribution in [3.05, 3.63) is 40.7 Å². The normalized spacial score (nSPS) is 21.7. The lowest BCUT2D eigenvalue weighted by Crippen LogP contribution is -2.31. The van der Waals surface area contributed by atoms with E-state index < -0.39 is 29.0 Å². The monoisotopic (exact) mass is 521 g/mol. The van der Waals surface area contributed by atoms with Gasteiger partial charge >= 0.3 is 6.18 Å². The van der Waals surface area contributed by atoms with E-state index in [9.17, 15) is 22.8 Å². The molecule has 0 spiro atoms. The summed E-state index contributed by atoms with van der Waals surface area (Å²) in [5, 5.41) is 18.6. The second kappa shape index (κ2) is 10.2. The van der Waals surface area contributed by atoms with E-state index in [1.54, 1.807) is 6.07 Å². The molecule has 4 rings (SSSR count). The van der Waals surface area contributed by atoms with E-state index in [1.807, 2.05) is 13.8 Å². The number of halogens is 3. The van der Waals surface area contributed by atoms with Gasteiger partial charge in [-0.1, -0.05) is 19.0 Å². The number of ketones is 1. The van der Waals surface area contributed by atoms with E-state index in [-0.39, 0.29) is 48.4 Å². The number of alkyl halides is 3. The Kier molecular flexibility index (Phi) is 7.31. The molecule has 2 aromatic rings. The molecule has 200 valence electrons. The van der Waals surface area contributed by atoms with Crippen LogP contribution in [0.15, 0.2) is 23.4 Å². The topological polar surface area (TPSA) is 132 Å². The Morgan fingerprint density at radius 1 is 1.30 bits per heavy atom. The molecule has 37 heavy (non-hydrogen) atoms. The van der Waals surface area contributed by atoms with Gasteiger partial charge in [-0.3, -0.25) is 9.59 Å². The molecular formula is C25H30F3N5O4. The Labute approximate surface area is 211 Å². The molecule has 0 radical (unpaired) electrons. The van der Waals surface area contributed by atoms with Crippen molar-refractivity contribution in [1.82, 2.24) is 9.78 Å². The quantitative estimate of drug-likeness (QED) is 0.282. The lowest BCUT2D eigenvalue weighted by molar-refractivity contribution is -0.141. The van der Waals surface area contributed by atoms with E-state index in [2.05, 4.69) is 15.6 Å². The van der Waals surface area contributed by atoms with Crippen LogP contribution in [0.5, 0.6) is 0 Å². The third-order valence-corrected chi connectivity index (χ3v) is 6.85. The summed E-state index contributed by atoms with van der Waals surface area (Å²) in [7, 11) is 0. The minimum atomic E-state index is -4.79. The van der Waals surface area contributed by atoms with Gasteiger partial charge in [0.05, 0.1) is 41.4 Å². The number of nitrogens with zero attached hydrogens (tertiary/aromatic N) is 3. The lowest BCUT2D eigenvalue weighted by atomic mass is 9.75. The molecule has 12 heteroatoms. The number of rotatable bonds is 7. The molecule has 4 N–H and O–H groups in total. The summed E-state index contributed by atoms with van der Waals surface area (Å²) in [4.78, 5) is 24.9. The molecule has 0 aliphatic heterocycles. The number of Topliss-reactive ketones (excluding diaryl/α,β-unsaturated/α-hetero) is 1. The van der Waals surface area contributed by atoms with Crippen LogP contribution >= 0.6 is 0 Å². The first-order valence-corrected chi connectivity index (χ1v) is 12.1. The van der Waals surface area contributed by atoms with Gasteiger partial charge in [-0.05, 0) is 55.7 Å². The van der Waals surface area contributed by atoms with E-state index in [0.717, 1.165) is 25.7 Å². The molecular weight excluding hydrogens is 491 g/mol. The van der Waals surface area contributed by atoms with Crippen molar-refractivity contribution in [2.45, 2.75) is 70.7 Å². The third kappa shape index (κ3) is 5.79. The summed E-state index contributed by atoms with van der Waals surface area (Å²) in [6, 6.07) is 4.48. The Morgan fingerprint density at radius 3 is 2.62 bits per heavy atom. The number of primary amides is 1. The standard InChI is InChI=1S/C25H30F3N5O4/c1-24(2)12-19-21(20(34)13-24)22(25(26,27)28)32-33(19)15-5-8-17(23(29)35)18(11-15)31-14-3-6-16(7-4-14)37-10-9-30-36/h5,8-9,11,14,16,31,36H,3-4,6-7,10,12-13H2,1-2H3,(H2,29,35)/t14-,16-. The zero-order chi connectivity index (χ0) is 27.0. The highest BCUT2D eigenvalue weighted by Crippen LogP contribution is 2.42. The van der Waals surface area contributed by atoms with Gasteiger partial charge in [0.2, 0.25) is 0 Å². The van der Waals surface area contributed by atoms with Crippen LogP contribution in [-0.4, -0.2) is 51.6 Å². The van der Waals surface area contributed by atoms with E-state index in [4.69, 9.17) is 15.7 Å². The zero-order valence-electron chi connectivity index (χ0n) is 20.6. The fraction of sp³-hybridized carbons (Fsp3) is 0.520. The number of anilines is 1. The fourth-order valence-corrected chi connectivity index (χ4v) is 5.16. The number of fused-ring (bicyclic) bond motifs is 1. The van der Waals surface area contributed by atoms with Gasteiger partial charge in [-0.15, -0.1) is 0 Å². The van der Waals surface area contributed by atoms with Crippen molar-refractivity contribution < 1.29 is 32.7 Å². The predicted molar refractivity (Wildman–Crippen MR) is 129 cm³/mol. The van der Waals surface area contributed by atoms with Crippen LogP contribution in [0.2, 0.25) is 0 Å². The van der Waals surface area contributed by atoms with Crippen molar-refractivity contribution in [3.63, 3.8) is 0 Å². The highest BCUT2D eigenvalue weighted by Gasteiger charge is 2.45. The maximum atomic E-state index is 13.8. The second-order valence-electron chi connectivity index (χ2n) is 10.4. The number of carbonyl (C=O) groups is 2. The van der Waals surface area contributed by atoms with Crippen LogP contribution in [0.4, 0.5) is 18.9 Å².